The van der Waals surface area contributed by atoms with E-state index in [9.17, 15) is 10.4 Å². The largest absolute Gasteiger partial charge is 0.376 e. The third-order valence-corrected chi connectivity index (χ3v) is 9.95. The zero-order chi connectivity index (χ0) is 24.4. The summed E-state index contributed by atoms with van der Waals surface area (Å²) in [6, 6.07) is 4.30. The van der Waals surface area contributed by atoms with Crippen LogP contribution in [0.25, 0.3) is 22.3 Å². The van der Waals surface area contributed by atoms with Gasteiger partial charge in [0.2, 0.25) is 0 Å². The molecule has 33 heavy (non-hydrogen) atoms. The van der Waals surface area contributed by atoms with Crippen LogP contribution < -0.4 is 0 Å². The zero-order valence-electron chi connectivity index (χ0n) is 21.1. The minimum Gasteiger partial charge on any atom is -0.376 e. The van der Waals surface area contributed by atoms with Crippen molar-refractivity contribution in [1.29, 1.82) is 5.26 Å². The van der Waals surface area contributed by atoms with Crippen LogP contribution in [0, 0.1) is 17.2 Å². The number of aliphatic hydroxyl groups excluding tert-OH is 1. The van der Waals surface area contributed by atoms with E-state index in [2.05, 4.69) is 78.8 Å². The van der Waals surface area contributed by atoms with Crippen LogP contribution >= 0.6 is 0 Å². The fourth-order valence-electron chi connectivity index (χ4n) is 6.70. The van der Waals surface area contributed by atoms with Gasteiger partial charge in [-0.05, 0) is 12.0 Å². The molecule has 1 aliphatic rings. The van der Waals surface area contributed by atoms with Crippen molar-refractivity contribution < 1.29 is 5.11 Å². The fraction of sp³-hybridized carbons (Fsp3) is 0.444. The van der Waals surface area contributed by atoms with E-state index in [1.807, 2.05) is 23.1 Å². The summed E-state index contributed by atoms with van der Waals surface area (Å²) in [5.41, 5.74) is 2.35. The molecule has 1 saturated carbocycles. The molecular formula is C18H28B8N6O. The second kappa shape index (κ2) is 7.66. The molecule has 1 N–H and O–H groups in total. The average molecular weight is 431 g/mol. The van der Waals surface area contributed by atoms with Crippen LogP contribution in [-0.4, -0.2) is 92.2 Å². The number of fused-ring (bicyclic) bond motifs is 1. The molecule has 15 heteroatoms. The summed E-state index contributed by atoms with van der Waals surface area (Å²) < 4.78 is 3.67. The molecule has 1 aliphatic carbocycles. The maximum absolute atomic E-state index is 9.82. The van der Waals surface area contributed by atoms with Crippen molar-refractivity contribution in [3.63, 3.8) is 0 Å². The highest BCUT2D eigenvalue weighted by atomic mass is 16.3. The van der Waals surface area contributed by atoms with Crippen molar-refractivity contribution in [1.82, 2.24) is 24.3 Å². The monoisotopic (exact) mass is 432 g/mol. The molecule has 0 aliphatic heterocycles. The Labute approximate surface area is 202 Å². The molecule has 1 atom stereocenters. The molecule has 0 amide bonds. The molecule has 0 unspecified atom stereocenters. The Hall–Kier alpha value is -2.20. The summed E-state index contributed by atoms with van der Waals surface area (Å²) in [6.07, 6.45) is 7.56. The Bertz CT molecular complexity index is 1220. The first kappa shape index (κ1) is 23.9. The van der Waals surface area contributed by atoms with Crippen LogP contribution in [0.1, 0.15) is 12.5 Å². The normalized spacial score (nSPS) is 21.6. The standard InChI is InChI=1S/C18H28B8N6O/c19-15(20)13(16(21,22)18(25,26)17(15,23)24)11(1-3-27)32-6-9(5-30-32)12-10-2-4-31(8-33)14(10)29-7-28-12/h2,4-7,11,13,33H,1,8,19-26H2/t11-/m1/s1. The third-order valence-electron chi connectivity index (χ3n) is 9.95. The van der Waals surface area contributed by atoms with Gasteiger partial charge in [-0.25, -0.2) is 9.97 Å². The van der Waals surface area contributed by atoms with Crippen molar-refractivity contribution in [3.05, 3.63) is 31.0 Å². The lowest BCUT2D eigenvalue weighted by molar-refractivity contribution is 0.215. The summed E-state index contributed by atoms with van der Waals surface area (Å²) in [5, 5.41) is 25.1. The molecule has 3 aromatic rings. The molecule has 0 aromatic carbocycles. The second-order valence-electron chi connectivity index (χ2n) is 11.7. The van der Waals surface area contributed by atoms with E-state index in [1.54, 1.807) is 10.8 Å². The minimum absolute atomic E-state index is 0.0197. The number of nitriles is 1. The number of aliphatic hydroxyl groups is 1. The van der Waals surface area contributed by atoms with Gasteiger partial charge in [0.15, 0.2) is 0 Å². The van der Waals surface area contributed by atoms with Gasteiger partial charge in [0, 0.05) is 23.3 Å². The lowest BCUT2D eigenvalue weighted by atomic mass is 9.17. The predicted octanol–water partition coefficient (Wildman–Crippen LogP) is -5.14. The SMILES string of the molecule is BC1(B)C([C@@H](CC#N)n2cc(-c3ncnc4c3ccn4CO)cn2)C(B)(B)C(B)(B)C1(B)B. The maximum atomic E-state index is 9.82. The molecule has 3 heterocycles. The van der Waals surface area contributed by atoms with Crippen molar-refractivity contribution >= 4 is 73.8 Å². The van der Waals surface area contributed by atoms with Gasteiger partial charge in [-0.2, -0.15) is 10.4 Å². The van der Waals surface area contributed by atoms with Crippen LogP contribution in [-0.2, 0) is 6.73 Å². The number of nitrogens with zero attached hydrogens (tertiary/aromatic N) is 6. The summed E-state index contributed by atoms with van der Waals surface area (Å²) >= 11 is 0. The van der Waals surface area contributed by atoms with Gasteiger partial charge in [-0.15, -0.1) is 10.4 Å². The molecule has 7 nitrogen and oxygen atoms in total. The van der Waals surface area contributed by atoms with E-state index in [0.717, 1.165) is 16.6 Å². The van der Waals surface area contributed by atoms with Gasteiger partial charge in [0.25, 0.3) is 0 Å². The highest BCUT2D eigenvalue weighted by Crippen LogP contribution is 2.80. The molecule has 0 radical (unpaired) electrons. The summed E-state index contributed by atoms with van der Waals surface area (Å²) in [4.78, 5) is 8.84. The van der Waals surface area contributed by atoms with Crippen LogP contribution in [0.3, 0.4) is 0 Å². The molecular weight excluding hydrogens is 403 g/mol. The molecule has 0 spiro atoms. The highest BCUT2D eigenvalue weighted by Gasteiger charge is 2.67. The van der Waals surface area contributed by atoms with E-state index in [1.165, 1.54) is 6.33 Å². The second-order valence-corrected chi connectivity index (χ2v) is 11.7. The first-order chi connectivity index (χ1) is 15.3. The smallest absolute Gasteiger partial charge is 0.145 e. The van der Waals surface area contributed by atoms with Crippen molar-refractivity contribution in [2.24, 2.45) is 5.92 Å². The van der Waals surface area contributed by atoms with E-state index in [0.29, 0.717) is 12.1 Å². The Morgan fingerprint density at radius 1 is 1.06 bits per heavy atom. The van der Waals surface area contributed by atoms with Gasteiger partial charge < -0.3 is 9.67 Å². The fourth-order valence-corrected chi connectivity index (χ4v) is 6.70. The Kier molecular flexibility index (Phi) is 5.56. The molecule has 0 saturated heterocycles. The van der Waals surface area contributed by atoms with Crippen LogP contribution in [0.4, 0.5) is 0 Å². The van der Waals surface area contributed by atoms with Gasteiger partial charge in [0.1, 0.15) is 18.7 Å². The number of hydrogen-bond acceptors (Lipinski definition) is 5. The Morgan fingerprint density at radius 3 is 2.27 bits per heavy atom. The molecule has 3 aromatic heterocycles. The van der Waals surface area contributed by atoms with Gasteiger partial charge in [-0.3, -0.25) is 4.68 Å². The van der Waals surface area contributed by atoms with Crippen LogP contribution in [0.2, 0.25) is 20.9 Å². The number of rotatable bonds is 5. The van der Waals surface area contributed by atoms with Crippen molar-refractivity contribution in [2.75, 3.05) is 0 Å². The van der Waals surface area contributed by atoms with E-state index in [-0.39, 0.29) is 39.5 Å². The van der Waals surface area contributed by atoms with Gasteiger partial charge >= 0.3 is 0 Å². The topological polar surface area (TPSA) is 92.5 Å². The molecule has 1 fully saturated rings. The van der Waals surface area contributed by atoms with E-state index < -0.39 is 0 Å². The third kappa shape index (κ3) is 3.13. The van der Waals surface area contributed by atoms with Crippen molar-refractivity contribution in [3.8, 4) is 17.3 Å². The summed E-state index contributed by atoms with van der Waals surface area (Å²) in [6.45, 7) is -0.138. The van der Waals surface area contributed by atoms with E-state index >= 15 is 0 Å². The van der Waals surface area contributed by atoms with E-state index in [4.69, 9.17) is 5.10 Å². The summed E-state index contributed by atoms with van der Waals surface area (Å²) in [7, 11) is 18.9. The first-order valence-electron chi connectivity index (χ1n) is 11.6. The predicted molar refractivity (Wildman–Crippen MR) is 153 cm³/mol. The quantitative estimate of drug-likeness (QED) is 0.409. The first-order valence-corrected chi connectivity index (χ1v) is 11.6. The molecule has 4 rings (SSSR count). The molecule has 160 valence electrons. The lowest BCUT2D eigenvalue weighted by Crippen LogP contribution is -2.39. The molecule has 0 bridgehead atoms. The number of hydrogen-bond donors (Lipinski definition) is 1. The van der Waals surface area contributed by atoms with Gasteiger partial charge in [0.05, 0.1) is 93.2 Å². The lowest BCUT2D eigenvalue weighted by Gasteiger charge is -2.49. The van der Waals surface area contributed by atoms with Gasteiger partial charge in [-0.1, -0.05) is 10.4 Å². The minimum atomic E-state index is -0.138. The summed E-state index contributed by atoms with van der Waals surface area (Å²) in [5.74, 6) is 0.239. The average Bonchev–Trinajstić information content (AvgIpc) is 3.40. The maximum Gasteiger partial charge on any atom is 0.145 e. The Balaban J connectivity index is 1.82. The number of aromatic nitrogens is 5. The van der Waals surface area contributed by atoms with Crippen LogP contribution in [0.5, 0.6) is 0 Å². The van der Waals surface area contributed by atoms with Crippen molar-refractivity contribution in [2.45, 2.75) is 40.0 Å². The van der Waals surface area contributed by atoms with Crippen LogP contribution in [0.15, 0.2) is 31.0 Å². The highest BCUT2D eigenvalue weighted by molar-refractivity contribution is 6.68. The Morgan fingerprint density at radius 2 is 1.70 bits per heavy atom. The zero-order valence-corrected chi connectivity index (χ0v) is 21.1.